The molecule has 3 N–H and O–H groups in total. The van der Waals surface area contributed by atoms with Gasteiger partial charge >= 0.3 is 0 Å². The standard InChI is InChI=1S/C14H21N3O3S/c15-12-7-10-17(11-8-12)14(18)6-9-16-21(19,20)13-4-2-1-3-5-13/h1-5,12,16H,6-11,15H2. The Hall–Kier alpha value is -1.44. The summed E-state index contributed by atoms with van der Waals surface area (Å²) in [7, 11) is -3.54. The lowest BCUT2D eigenvalue weighted by Gasteiger charge is -2.30. The summed E-state index contributed by atoms with van der Waals surface area (Å²) in [6, 6.07) is 8.30. The van der Waals surface area contributed by atoms with Crippen LogP contribution in [-0.4, -0.2) is 44.9 Å². The molecule has 1 aromatic rings. The minimum Gasteiger partial charge on any atom is -0.343 e. The summed E-state index contributed by atoms with van der Waals surface area (Å²) in [6.07, 6.45) is 1.78. The summed E-state index contributed by atoms with van der Waals surface area (Å²) in [5.74, 6) is -0.0299. The van der Waals surface area contributed by atoms with Crippen molar-refractivity contribution in [3.63, 3.8) is 0 Å². The van der Waals surface area contributed by atoms with Crippen molar-refractivity contribution in [1.29, 1.82) is 0 Å². The van der Waals surface area contributed by atoms with E-state index in [4.69, 9.17) is 5.73 Å². The summed E-state index contributed by atoms with van der Waals surface area (Å²) >= 11 is 0. The van der Waals surface area contributed by atoms with Crippen LogP contribution in [0.5, 0.6) is 0 Å². The summed E-state index contributed by atoms with van der Waals surface area (Å²) in [4.78, 5) is 13.9. The fraction of sp³-hybridized carbons (Fsp3) is 0.500. The molecule has 0 saturated carbocycles. The molecule has 21 heavy (non-hydrogen) atoms. The Morgan fingerprint density at radius 2 is 1.86 bits per heavy atom. The fourth-order valence-corrected chi connectivity index (χ4v) is 3.34. The van der Waals surface area contributed by atoms with Crippen molar-refractivity contribution in [2.45, 2.75) is 30.2 Å². The molecule has 1 heterocycles. The van der Waals surface area contributed by atoms with Crippen LogP contribution in [-0.2, 0) is 14.8 Å². The van der Waals surface area contributed by atoms with Crippen molar-refractivity contribution in [3.8, 4) is 0 Å². The van der Waals surface area contributed by atoms with Crippen LogP contribution < -0.4 is 10.5 Å². The molecule has 1 aliphatic heterocycles. The van der Waals surface area contributed by atoms with Crippen LogP contribution in [0.1, 0.15) is 19.3 Å². The monoisotopic (exact) mass is 311 g/mol. The molecule has 116 valence electrons. The highest BCUT2D eigenvalue weighted by Gasteiger charge is 2.21. The number of sulfonamides is 1. The highest BCUT2D eigenvalue weighted by molar-refractivity contribution is 7.89. The second kappa shape index (κ2) is 7.02. The number of hydrogen-bond donors (Lipinski definition) is 2. The van der Waals surface area contributed by atoms with Crippen LogP contribution in [0, 0.1) is 0 Å². The van der Waals surface area contributed by atoms with E-state index in [1.807, 2.05) is 0 Å². The first-order chi connectivity index (χ1) is 9.99. The second-order valence-electron chi connectivity index (χ2n) is 5.18. The Morgan fingerprint density at radius 3 is 2.48 bits per heavy atom. The quantitative estimate of drug-likeness (QED) is 0.818. The summed E-state index contributed by atoms with van der Waals surface area (Å²) in [5, 5.41) is 0. The van der Waals surface area contributed by atoms with Gasteiger partial charge in [-0.1, -0.05) is 18.2 Å². The maximum atomic E-state index is 12.0. The van der Waals surface area contributed by atoms with Crippen molar-refractivity contribution in [2.75, 3.05) is 19.6 Å². The molecule has 0 atom stereocenters. The lowest BCUT2D eigenvalue weighted by Crippen LogP contribution is -2.43. The number of piperidine rings is 1. The maximum absolute atomic E-state index is 12.0. The maximum Gasteiger partial charge on any atom is 0.240 e. The van der Waals surface area contributed by atoms with E-state index in [1.165, 1.54) is 12.1 Å². The number of nitrogens with zero attached hydrogens (tertiary/aromatic N) is 1. The molecule has 1 amide bonds. The number of carbonyl (C=O) groups is 1. The first-order valence-electron chi connectivity index (χ1n) is 7.07. The third kappa shape index (κ3) is 4.52. The highest BCUT2D eigenvalue weighted by atomic mass is 32.2. The average Bonchev–Trinajstić information content (AvgIpc) is 2.48. The van der Waals surface area contributed by atoms with Crippen LogP contribution >= 0.6 is 0 Å². The van der Waals surface area contributed by atoms with Gasteiger partial charge < -0.3 is 10.6 Å². The lowest BCUT2D eigenvalue weighted by atomic mass is 10.1. The van der Waals surface area contributed by atoms with Gasteiger partial charge in [0.25, 0.3) is 0 Å². The zero-order valence-electron chi connectivity index (χ0n) is 11.9. The van der Waals surface area contributed by atoms with Crippen molar-refractivity contribution in [3.05, 3.63) is 30.3 Å². The molecule has 1 saturated heterocycles. The Kier molecular flexibility index (Phi) is 5.33. The zero-order valence-corrected chi connectivity index (χ0v) is 12.7. The number of nitrogens with one attached hydrogen (secondary N) is 1. The van der Waals surface area contributed by atoms with Gasteiger partial charge in [-0.05, 0) is 25.0 Å². The van der Waals surface area contributed by atoms with Gasteiger partial charge in [-0.2, -0.15) is 0 Å². The van der Waals surface area contributed by atoms with Crippen molar-refractivity contribution >= 4 is 15.9 Å². The van der Waals surface area contributed by atoms with E-state index in [0.717, 1.165) is 12.8 Å². The number of likely N-dealkylation sites (tertiary alicyclic amines) is 1. The molecule has 1 aromatic carbocycles. The van der Waals surface area contributed by atoms with Crippen LogP contribution in [0.3, 0.4) is 0 Å². The van der Waals surface area contributed by atoms with Crippen LogP contribution in [0.4, 0.5) is 0 Å². The first kappa shape index (κ1) is 15.9. The summed E-state index contributed by atoms with van der Waals surface area (Å²) in [6.45, 7) is 1.43. The Bertz CT molecular complexity index is 566. The highest BCUT2D eigenvalue weighted by Crippen LogP contribution is 2.10. The molecular weight excluding hydrogens is 290 g/mol. The first-order valence-corrected chi connectivity index (χ1v) is 8.55. The molecule has 0 bridgehead atoms. The second-order valence-corrected chi connectivity index (χ2v) is 6.95. The van der Waals surface area contributed by atoms with Gasteiger partial charge in [0.05, 0.1) is 4.90 Å². The molecular formula is C14H21N3O3S. The van der Waals surface area contributed by atoms with E-state index < -0.39 is 10.0 Å². The number of hydrogen-bond acceptors (Lipinski definition) is 4. The Morgan fingerprint density at radius 1 is 1.24 bits per heavy atom. The molecule has 0 unspecified atom stereocenters. The number of nitrogens with two attached hydrogens (primary N) is 1. The van der Waals surface area contributed by atoms with E-state index in [9.17, 15) is 13.2 Å². The average molecular weight is 311 g/mol. The molecule has 0 radical (unpaired) electrons. The van der Waals surface area contributed by atoms with Gasteiger partial charge in [0, 0.05) is 32.1 Å². The smallest absolute Gasteiger partial charge is 0.240 e. The summed E-state index contributed by atoms with van der Waals surface area (Å²) < 4.78 is 26.4. The largest absolute Gasteiger partial charge is 0.343 e. The van der Waals surface area contributed by atoms with E-state index in [1.54, 1.807) is 23.1 Å². The number of amides is 1. The molecule has 0 spiro atoms. The van der Waals surface area contributed by atoms with Gasteiger partial charge in [0.1, 0.15) is 0 Å². The van der Waals surface area contributed by atoms with Gasteiger partial charge in [-0.3, -0.25) is 4.79 Å². The van der Waals surface area contributed by atoms with Crippen molar-refractivity contribution in [2.24, 2.45) is 5.73 Å². The topological polar surface area (TPSA) is 92.5 Å². The number of benzene rings is 1. The van der Waals surface area contributed by atoms with Crippen LogP contribution in [0.2, 0.25) is 0 Å². The summed E-state index contributed by atoms with van der Waals surface area (Å²) in [5.41, 5.74) is 5.79. The van der Waals surface area contributed by atoms with E-state index >= 15 is 0 Å². The lowest BCUT2D eigenvalue weighted by molar-refractivity contribution is -0.132. The minimum absolute atomic E-state index is 0.0299. The molecule has 6 nitrogen and oxygen atoms in total. The molecule has 2 rings (SSSR count). The van der Waals surface area contributed by atoms with E-state index in [0.29, 0.717) is 13.1 Å². The molecule has 1 aliphatic rings. The number of carbonyl (C=O) groups excluding carboxylic acids is 1. The Labute approximate surface area is 125 Å². The third-order valence-electron chi connectivity index (χ3n) is 3.58. The van der Waals surface area contributed by atoms with Gasteiger partial charge in [-0.25, -0.2) is 13.1 Å². The van der Waals surface area contributed by atoms with Gasteiger partial charge in [0.15, 0.2) is 0 Å². The zero-order chi connectivity index (χ0) is 15.3. The van der Waals surface area contributed by atoms with E-state index in [2.05, 4.69) is 4.72 Å². The molecule has 0 aromatic heterocycles. The predicted octanol–water partition coefficient (Wildman–Crippen LogP) is 0.305. The van der Waals surface area contributed by atoms with Crippen LogP contribution in [0.15, 0.2) is 35.2 Å². The van der Waals surface area contributed by atoms with Gasteiger partial charge in [-0.15, -0.1) is 0 Å². The normalized spacial score (nSPS) is 16.9. The molecule has 0 aliphatic carbocycles. The van der Waals surface area contributed by atoms with Gasteiger partial charge in [0.2, 0.25) is 15.9 Å². The van der Waals surface area contributed by atoms with Crippen molar-refractivity contribution < 1.29 is 13.2 Å². The third-order valence-corrected chi connectivity index (χ3v) is 5.05. The number of rotatable bonds is 5. The SMILES string of the molecule is NC1CCN(C(=O)CCNS(=O)(=O)c2ccccc2)CC1. The Balaban J connectivity index is 1.80. The minimum atomic E-state index is -3.54. The fourth-order valence-electron chi connectivity index (χ4n) is 2.28. The van der Waals surface area contributed by atoms with Crippen molar-refractivity contribution in [1.82, 2.24) is 9.62 Å². The predicted molar refractivity (Wildman–Crippen MR) is 80.0 cm³/mol. The van der Waals surface area contributed by atoms with E-state index in [-0.39, 0.29) is 29.8 Å². The molecule has 1 fully saturated rings. The van der Waals surface area contributed by atoms with Crippen LogP contribution in [0.25, 0.3) is 0 Å². The molecule has 7 heteroatoms.